The number of nitrogens with zero attached hydrogens (tertiary/aromatic N) is 5. The second-order valence-corrected chi connectivity index (χ2v) is 5.95. The molecule has 0 saturated heterocycles. The Morgan fingerprint density at radius 3 is 2.64 bits per heavy atom. The summed E-state index contributed by atoms with van der Waals surface area (Å²) in [5.41, 5.74) is 2.16. The van der Waals surface area contributed by atoms with Crippen LogP contribution in [-0.4, -0.2) is 24.9 Å². The predicted molar refractivity (Wildman–Crippen MR) is 96.9 cm³/mol. The van der Waals surface area contributed by atoms with E-state index in [9.17, 15) is 0 Å². The molecule has 0 aliphatic carbocycles. The van der Waals surface area contributed by atoms with E-state index in [4.69, 9.17) is 4.74 Å². The Morgan fingerprint density at radius 2 is 1.76 bits per heavy atom. The van der Waals surface area contributed by atoms with Gasteiger partial charge in [-0.05, 0) is 40.2 Å². The number of hydrogen-bond donors (Lipinski definition) is 1. The van der Waals surface area contributed by atoms with Crippen LogP contribution in [0.2, 0.25) is 0 Å². The number of anilines is 2. The van der Waals surface area contributed by atoms with Crippen molar-refractivity contribution in [2.24, 2.45) is 0 Å². The van der Waals surface area contributed by atoms with Gasteiger partial charge in [0.05, 0.1) is 4.47 Å². The largest absolute Gasteiger partial charge is 0.424 e. The van der Waals surface area contributed by atoms with Crippen LogP contribution < -0.4 is 10.1 Å². The molecule has 8 heteroatoms. The summed E-state index contributed by atoms with van der Waals surface area (Å²) in [5, 5.41) is 3.22. The summed E-state index contributed by atoms with van der Waals surface area (Å²) < 4.78 is 6.45. The van der Waals surface area contributed by atoms with Gasteiger partial charge >= 0.3 is 6.01 Å². The van der Waals surface area contributed by atoms with Gasteiger partial charge in [0.15, 0.2) is 5.65 Å². The van der Waals surface area contributed by atoms with E-state index in [1.54, 1.807) is 24.8 Å². The van der Waals surface area contributed by atoms with Gasteiger partial charge in [-0.25, -0.2) is 19.9 Å². The maximum Gasteiger partial charge on any atom is 0.321 e. The number of pyridine rings is 1. The highest BCUT2D eigenvalue weighted by Gasteiger charge is 2.04. The molecule has 7 nitrogen and oxygen atoms in total. The first kappa shape index (κ1) is 15.4. The first-order valence-corrected chi connectivity index (χ1v) is 8.16. The number of aromatic nitrogens is 5. The highest BCUT2D eigenvalue weighted by molar-refractivity contribution is 9.10. The summed E-state index contributed by atoms with van der Waals surface area (Å²) in [6.45, 7) is 0. The monoisotopic (exact) mass is 394 g/mol. The van der Waals surface area contributed by atoms with Crippen LogP contribution in [0.25, 0.3) is 11.2 Å². The van der Waals surface area contributed by atoms with Crippen molar-refractivity contribution in [2.75, 3.05) is 5.32 Å². The van der Waals surface area contributed by atoms with Crippen LogP contribution in [-0.2, 0) is 0 Å². The third-order valence-corrected chi connectivity index (χ3v) is 3.65. The van der Waals surface area contributed by atoms with Gasteiger partial charge in [-0.2, -0.15) is 0 Å². The molecule has 3 heterocycles. The molecule has 0 aliphatic rings. The van der Waals surface area contributed by atoms with Crippen molar-refractivity contribution in [1.29, 1.82) is 0 Å². The standard InChI is InChI=1S/C17H11BrN6O/c18-11-9-21-17(22-10-11)25-13-3-1-2-12(8-13)23-15-5-4-14-16(24-15)20-7-6-19-14/h1-10H,(H,20,23,24). The van der Waals surface area contributed by atoms with Crippen LogP contribution in [0.15, 0.2) is 65.7 Å². The Bertz CT molecular complexity index is 1020. The normalized spacial score (nSPS) is 10.6. The van der Waals surface area contributed by atoms with Gasteiger partial charge in [0, 0.05) is 36.5 Å². The van der Waals surface area contributed by atoms with Gasteiger partial charge in [-0.15, -0.1) is 0 Å². The van der Waals surface area contributed by atoms with Crippen molar-refractivity contribution in [3.63, 3.8) is 0 Å². The lowest BCUT2D eigenvalue weighted by molar-refractivity contribution is 0.441. The molecule has 0 radical (unpaired) electrons. The maximum absolute atomic E-state index is 5.66. The van der Waals surface area contributed by atoms with E-state index in [1.165, 1.54) is 0 Å². The predicted octanol–water partition coefficient (Wildman–Crippen LogP) is 4.11. The Labute approximate surface area is 151 Å². The number of nitrogens with one attached hydrogen (secondary N) is 1. The average molecular weight is 395 g/mol. The van der Waals surface area contributed by atoms with E-state index in [0.29, 0.717) is 17.2 Å². The number of benzene rings is 1. The summed E-state index contributed by atoms with van der Waals surface area (Å²) in [7, 11) is 0. The Balaban J connectivity index is 1.55. The summed E-state index contributed by atoms with van der Waals surface area (Å²) in [5.74, 6) is 1.29. The molecule has 4 aromatic rings. The molecule has 1 N–H and O–H groups in total. The molecule has 122 valence electrons. The van der Waals surface area contributed by atoms with Crippen LogP contribution in [0.5, 0.6) is 11.8 Å². The molecular weight excluding hydrogens is 384 g/mol. The highest BCUT2D eigenvalue weighted by Crippen LogP contribution is 2.24. The molecule has 0 atom stereocenters. The molecule has 0 unspecified atom stereocenters. The van der Waals surface area contributed by atoms with Gasteiger partial charge < -0.3 is 10.1 Å². The van der Waals surface area contributed by atoms with Crippen LogP contribution in [0.3, 0.4) is 0 Å². The molecule has 0 bridgehead atoms. The van der Waals surface area contributed by atoms with Crippen molar-refractivity contribution in [2.45, 2.75) is 0 Å². The summed E-state index contributed by atoms with van der Waals surface area (Å²) in [4.78, 5) is 21.0. The topological polar surface area (TPSA) is 85.7 Å². The van der Waals surface area contributed by atoms with Gasteiger partial charge in [-0.3, -0.25) is 4.98 Å². The van der Waals surface area contributed by atoms with Crippen molar-refractivity contribution >= 4 is 38.6 Å². The minimum Gasteiger partial charge on any atom is -0.424 e. The fourth-order valence-corrected chi connectivity index (χ4v) is 2.37. The van der Waals surface area contributed by atoms with Crippen molar-refractivity contribution < 1.29 is 4.74 Å². The fourth-order valence-electron chi connectivity index (χ4n) is 2.17. The second kappa shape index (κ2) is 6.78. The quantitative estimate of drug-likeness (QED) is 0.557. The average Bonchev–Trinajstić information content (AvgIpc) is 2.64. The van der Waals surface area contributed by atoms with E-state index in [0.717, 1.165) is 15.7 Å². The van der Waals surface area contributed by atoms with E-state index in [2.05, 4.69) is 46.2 Å². The molecule has 1 aromatic carbocycles. The Kier molecular flexibility index (Phi) is 4.17. The third kappa shape index (κ3) is 3.69. The highest BCUT2D eigenvalue weighted by atomic mass is 79.9. The van der Waals surface area contributed by atoms with Gasteiger partial charge in [-0.1, -0.05) is 6.07 Å². The lowest BCUT2D eigenvalue weighted by Crippen LogP contribution is -1.96. The maximum atomic E-state index is 5.66. The van der Waals surface area contributed by atoms with Crippen molar-refractivity contribution in [3.05, 3.63) is 65.7 Å². The van der Waals surface area contributed by atoms with Gasteiger partial charge in [0.25, 0.3) is 0 Å². The molecule has 0 aliphatic heterocycles. The molecule has 25 heavy (non-hydrogen) atoms. The van der Waals surface area contributed by atoms with Crippen molar-refractivity contribution in [1.82, 2.24) is 24.9 Å². The van der Waals surface area contributed by atoms with E-state index >= 15 is 0 Å². The zero-order chi connectivity index (χ0) is 17.1. The van der Waals surface area contributed by atoms with Crippen molar-refractivity contribution in [3.8, 4) is 11.8 Å². The van der Waals surface area contributed by atoms with Gasteiger partial charge in [0.1, 0.15) is 17.1 Å². The summed E-state index contributed by atoms with van der Waals surface area (Å²) in [6.07, 6.45) is 6.52. The number of rotatable bonds is 4. The van der Waals surface area contributed by atoms with Crippen LogP contribution in [0, 0.1) is 0 Å². The first-order valence-electron chi connectivity index (χ1n) is 7.36. The second-order valence-electron chi connectivity index (χ2n) is 5.03. The number of ether oxygens (including phenoxy) is 1. The molecule has 0 spiro atoms. The molecule has 0 amide bonds. The van der Waals surface area contributed by atoms with E-state index in [-0.39, 0.29) is 6.01 Å². The lowest BCUT2D eigenvalue weighted by atomic mass is 10.3. The molecule has 0 saturated carbocycles. The smallest absolute Gasteiger partial charge is 0.321 e. The summed E-state index contributed by atoms with van der Waals surface area (Å²) in [6, 6.07) is 11.5. The zero-order valence-corrected chi connectivity index (χ0v) is 14.4. The number of fused-ring (bicyclic) bond motifs is 1. The number of hydrogen-bond acceptors (Lipinski definition) is 7. The van der Waals surface area contributed by atoms with E-state index in [1.807, 2.05) is 36.4 Å². The molecule has 0 fully saturated rings. The van der Waals surface area contributed by atoms with Crippen LogP contribution in [0.1, 0.15) is 0 Å². The molecular formula is C17H11BrN6O. The summed E-state index contributed by atoms with van der Waals surface area (Å²) >= 11 is 3.29. The Morgan fingerprint density at radius 1 is 0.920 bits per heavy atom. The Hall–Kier alpha value is -3.13. The molecule has 4 rings (SSSR count). The van der Waals surface area contributed by atoms with Crippen LogP contribution >= 0.6 is 15.9 Å². The first-order chi connectivity index (χ1) is 12.3. The number of halogens is 1. The minimum atomic E-state index is 0.277. The minimum absolute atomic E-state index is 0.277. The third-order valence-electron chi connectivity index (χ3n) is 3.24. The van der Waals surface area contributed by atoms with Gasteiger partial charge in [0.2, 0.25) is 0 Å². The van der Waals surface area contributed by atoms with Crippen LogP contribution in [0.4, 0.5) is 11.5 Å². The lowest BCUT2D eigenvalue weighted by Gasteiger charge is -2.08. The zero-order valence-electron chi connectivity index (χ0n) is 12.8. The fraction of sp³-hybridized carbons (Fsp3) is 0. The van der Waals surface area contributed by atoms with E-state index < -0.39 is 0 Å². The molecule has 3 aromatic heterocycles. The SMILES string of the molecule is Brc1cnc(Oc2cccc(Nc3ccc4nccnc4n3)c2)nc1.